The lowest BCUT2D eigenvalue weighted by molar-refractivity contribution is -0.127. The Balaban J connectivity index is 1.69. The predicted octanol–water partition coefficient (Wildman–Crippen LogP) is 2.62. The maximum absolute atomic E-state index is 12.6. The van der Waals surface area contributed by atoms with Gasteiger partial charge in [0.2, 0.25) is 0 Å². The molecule has 1 heterocycles. The molecule has 126 valence electrons. The lowest BCUT2D eigenvalue weighted by Gasteiger charge is -2.54. The molecule has 0 unspecified atom stereocenters. The summed E-state index contributed by atoms with van der Waals surface area (Å²) in [6, 6.07) is 3.86. The lowest BCUT2D eigenvalue weighted by atomic mass is 9.60. The number of aromatic nitrogens is 1. The summed E-state index contributed by atoms with van der Waals surface area (Å²) in [5, 5.41) is 3.25. The number of amides is 1. The number of carbonyl (C=O) groups excluding carboxylic acids is 1. The van der Waals surface area contributed by atoms with Crippen LogP contribution in [-0.4, -0.2) is 43.7 Å². The van der Waals surface area contributed by atoms with Gasteiger partial charge in [-0.15, -0.1) is 0 Å². The van der Waals surface area contributed by atoms with Crippen LogP contribution in [-0.2, 0) is 4.74 Å². The van der Waals surface area contributed by atoms with E-state index in [0.717, 1.165) is 18.8 Å². The fourth-order valence-corrected chi connectivity index (χ4v) is 4.13. The van der Waals surface area contributed by atoms with Gasteiger partial charge in [0.1, 0.15) is 5.82 Å². The molecule has 1 amide bonds. The summed E-state index contributed by atoms with van der Waals surface area (Å²) in [5.74, 6) is 0.802. The van der Waals surface area contributed by atoms with E-state index in [2.05, 4.69) is 10.3 Å². The van der Waals surface area contributed by atoms with Crippen molar-refractivity contribution in [2.45, 2.75) is 51.2 Å². The second kappa shape index (κ2) is 6.48. The Morgan fingerprint density at radius 1 is 1.43 bits per heavy atom. The van der Waals surface area contributed by atoms with Crippen molar-refractivity contribution in [2.75, 3.05) is 25.6 Å². The first-order valence-corrected chi connectivity index (χ1v) is 8.62. The summed E-state index contributed by atoms with van der Waals surface area (Å²) >= 11 is 0. The zero-order valence-electron chi connectivity index (χ0n) is 14.3. The third kappa shape index (κ3) is 2.94. The second-order valence-electron chi connectivity index (χ2n) is 6.94. The van der Waals surface area contributed by atoms with Gasteiger partial charge in [0.15, 0.2) is 0 Å². The molecule has 3 rings (SSSR count). The van der Waals surface area contributed by atoms with Gasteiger partial charge >= 0.3 is 0 Å². The molecule has 0 aliphatic heterocycles. The van der Waals surface area contributed by atoms with Crippen LogP contribution in [0.2, 0.25) is 0 Å². The van der Waals surface area contributed by atoms with Gasteiger partial charge in [-0.2, -0.15) is 0 Å². The van der Waals surface area contributed by atoms with E-state index in [4.69, 9.17) is 4.74 Å². The first-order valence-electron chi connectivity index (χ1n) is 8.62. The second-order valence-corrected chi connectivity index (χ2v) is 6.94. The zero-order valence-corrected chi connectivity index (χ0v) is 14.3. The topological polar surface area (TPSA) is 54.5 Å². The summed E-state index contributed by atoms with van der Waals surface area (Å²) in [5.41, 5.74) is 0.847. The molecule has 2 aliphatic carbocycles. The van der Waals surface area contributed by atoms with Crippen molar-refractivity contribution in [3.8, 4) is 0 Å². The highest BCUT2D eigenvalue weighted by Crippen LogP contribution is 2.54. The molecule has 2 fully saturated rings. The Hall–Kier alpha value is -1.62. The van der Waals surface area contributed by atoms with Crippen LogP contribution in [0.15, 0.2) is 18.3 Å². The minimum Gasteiger partial charge on any atom is -0.378 e. The van der Waals surface area contributed by atoms with Crippen LogP contribution in [0.1, 0.15) is 49.4 Å². The van der Waals surface area contributed by atoms with Gasteiger partial charge in [0.25, 0.3) is 5.91 Å². The molecule has 0 aromatic carbocycles. The molecule has 5 heteroatoms. The molecule has 1 N–H and O–H groups in total. The highest BCUT2D eigenvalue weighted by molar-refractivity contribution is 5.95. The minimum absolute atomic E-state index is 0.00160. The minimum atomic E-state index is 0.00160. The zero-order chi connectivity index (χ0) is 16.4. The Bertz CT molecular complexity index is 567. The summed E-state index contributed by atoms with van der Waals surface area (Å²) < 4.78 is 5.92. The van der Waals surface area contributed by atoms with E-state index in [9.17, 15) is 4.79 Å². The number of nitrogens with one attached hydrogen (secondary N) is 1. The van der Waals surface area contributed by atoms with E-state index < -0.39 is 0 Å². The van der Waals surface area contributed by atoms with E-state index in [0.29, 0.717) is 11.7 Å². The average molecular weight is 317 g/mol. The molecule has 2 atom stereocenters. The molecule has 2 saturated carbocycles. The monoisotopic (exact) mass is 317 g/mol. The van der Waals surface area contributed by atoms with Crippen molar-refractivity contribution in [3.63, 3.8) is 0 Å². The molecule has 0 bridgehead atoms. The maximum Gasteiger partial charge on any atom is 0.251 e. The molecule has 1 aromatic heterocycles. The number of hydrogen-bond donors (Lipinski definition) is 1. The van der Waals surface area contributed by atoms with Gasteiger partial charge in [-0.1, -0.05) is 12.8 Å². The number of nitrogens with zero attached hydrogens (tertiary/aromatic N) is 2. The largest absolute Gasteiger partial charge is 0.378 e. The quantitative estimate of drug-likeness (QED) is 0.907. The average Bonchev–Trinajstić information content (AvgIpc) is 3.06. The highest BCUT2D eigenvalue weighted by atomic mass is 16.5. The normalized spacial score (nSPS) is 25.2. The fourth-order valence-electron chi connectivity index (χ4n) is 4.13. The van der Waals surface area contributed by atoms with Gasteiger partial charge in [0, 0.05) is 43.9 Å². The van der Waals surface area contributed by atoms with Gasteiger partial charge in [0.05, 0.1) is 6.10 Å². The van der Waals surface area contributed by atoms with Crippen LogP contribution in [0, 0.1) is 5.41 Å². The third-order valence-electron chi connectivity index (χ3n) is 5.46. The van der Waals surface area contributed by atoms with Crippen LogP contribution in [0.4, 0.5) is 5.82 Å². The number of rotatable bonds is 5. The van der Waals surface area contributed by atoms with Gasteiger partial charge < -0.3 is 15.0 Å². The Morgan fingerprint density at radius 2 is 2.17 bits per heavy atom. The Kier molecular flexibility index (Phi) is 4.57. The summed E-state index contributed by atoms with van der Waals surface area (Å²) in [4.78, 5) is 18.8. The molecule has 0 saturated heterocycles. The number of ether oxygens (including phenoxy) is 1. The summed E-state index contributed by atoms with van der Waals surface area (Å²) in [6.07, 6.45) is 7.77. The third-order valence-corrected chi connectivity index (χ3v) is 5.46. The van der Waals surface area contributed by atoms with Crippen molar-refractivity contribution in [3.05, 3.63) is 23.9 Å². The summed E-state index contributed by atoms with van der Waals surface area (Å²) in [7, 11) is 3.85. The van der Waals surface area contributed by atoms with E-state index in [1.807, 2.05) is 32.0 Å². The van der Waals surface area contributed by atoms with Crippen LogP contribution >= 0.6 is 0 Å². The number of hydrogen-bond acceptors (Lipinski definition) is 4. The molecular weight excluding hydrogens is 290 g/mol. The van der Waals surface area contributed by atoms with Gasteiger partial charge in [-0.3, -0.25) is 4.79 Å². The smallest absolute Gasteiger partial charge is 0.251 e. The van der Waals surface area contributed by atoms with Crippen molar-refractivity contribution in [1.29, 1.82) is 0 Å². The van der Waals surface area contributed by atoms with Crippen LogP contribution in [0.3, 0.4) is 0 Å². The van der Waals surface area contributed by atoms with Crippen molar-refractivity contribution >= 4 is 11.7 Å². The van der Waals surface area contributed by atoms with Crippen molar-refractivity contribution in [2.24, 2.45) is 5.41 Å². The molecule has 23 heavy (non-hydrogen) atoms. The molecular formula is C18H27N3O2. The van der Waals surface area contributed by atoms with Gasteiger partial charge in [-0.05, 0) is 38.3 Å². The van der Waals surface area contributed by atoms with Crippen molar-refractivity contribution in [1.82, 2.24) is 10.3 Å². The van der Waals surface area contributed by atoms with E-state index >= 15 is 0 Å². The molecule has 1 aromatic rings. The van der Waals surface area contributed by atoms with E-state index in [1.54, 1.807) is 12.3 Å². The van der Waals surface area contributed by atoms with Crippen LogP contribution in [0.25, 0.3) is 0 Å². The highest BCUT2D eigenvalue weighted by Gasteiger charge is 2.57. The molecule has 1 spiro atoms. The number of carbonyl (C=O) groups is 1. The lowest BCUT2D eigenvalue weighted by Crippen LogP contribution is -2.63. The number of pyridine rings is 1. The van der Waals surface area contributed by atoms with Crippen LogP contribution in [0.5, 0.6) is 0 Å². The van der Waals surface area contributed by atoms with E-state index in [1.165, 1.54) is 25.7 Å². The first-order chi connectivity index (χ1) is 11.1. The van der Waals surface area contributed by atoms with E-state index in [-0.39, 0.29) is 17.4 Å². The van der Waals surface area contributed by atoms with Gasteiger partial charge in [-0.25, -0.2) is 4.98 Å². The maximum atomic E-state index is 12.6. The van der Waals surface area contributed by atoms with Crippen molar-refractivity contribution < 1.29 is 9.53 Å². The fraction of sp³-hybridized carbons (Fsp3) is 0.667. The molecule has 5 nitrogen and oxygen atoms in total. The number of anilines is 1. The first kappa shape index (κ1) is 16.2. The molecule has 0 radical (unpaired) electrons. The Labute approximate surface area is 138 Å². The standard InChI is InChI=1S/C18H27N3O2/c1-4-23-15-12-14(18(15)8-5-6-9-18)20-17(22)13-7-10-19-16(11-13)21(2)3/h7,10-11,14-15H,4-6,8-9,12H2,1-3H3,(H,20,22)/t14-,15-/m1/s1. The summed E-state index contributed by atoms with van der Waals surface area (Å²) in [6.45, 7) is 2.80. The van der Waals surface area contributed by atoms with Crippen LogP contribution < -0.4 is 10.2 Å². The molecule has 2 aliphatic rings. The Morgan fingerprint density at radius 3 is 2.83 bits per heavy atom. The SMILES string of the molecule is CCO[C@@H]1C[C@@H](NC(=O)c2ccnc(N(C)C)c2)C12CCCC2. The predicted molar refractivity (Wildman–Crippen MR) is 90.8 cm³/mol.